The Morgan fingerprint density at radius 1 is 0.778 bits per heavy atom. The molecule has 0 spiro atoms. The van der Waals surface area contributed by atoms with Crippen LogP contribution in [-0.2, 0) is 0 Å². The predicted octanol–water partition coefficient (Wildman–Crippen LogP) is 6.94. The largest absolute Gasteiger partial charge is 0.507 e. The Balaban J connectivity index is 1.70. The summed E-state index contributed by atoms with van der Waals surface area (Å²) in [6, 6.07) is 2.07. The van der Waals surface area contributed by atoms with E-state index in [1.807, 2.05) is 0 Å². The monoisotopic (exact) mass is 614 g/mol. The third-order valence-corrected chi connectivity index (χ3v) is 9.58. The Hall–Kier alpha value is -0.380. The minimum absolute atomic E-state index is 0.0756. The number of hydroxylamine groups is 1. The standard InChI is InChI=1S/C24H28Cl6N4O2/c25-13-9-15(35)17(21(29)19(13)27)24(12-3-7-33-8-4-12)34-36-16-10-14(26)20(28)22(30)18(16)23(31)11-1-5-32-6-2-11/h9-12,23-24,32-35H,1-8,31H2/t23-,24+/m0/s1. The summed E-state index contributed by atoms with van der Waals surface area (Å²) >= 11 is 38.5. The lowest BCUT2D eigenvalue weighted by Crippen LogP contribution is -2.38. The first kappa shape index (κ1) is 28.6. The quantitative estimate of drug-likeness (QED) is 0.171. The van der Waals surface area contributed by atoms with Crippen molar-refractivity contribution in [3.05, 3.63) is 53.4 Å². The van der Waals surface area contributed by atoms with Crippen molar-refractivity contribution in [1.29, 1.82) is 0 Å². The molecule has 2 heterocycles. The summed E-state index contributed by atoms with van der Waals surface area (Å²) in [6.07, 6.45) is 3.44. The molecule has 0 unspecified atom stereocenters. The van der Waals surface area contributed by atoms with Crippen LogP contribution in [0, 0.1) is 11.8 Å². The van der Waals surface area contributed by atoms with Gasteiger partial charge in [0.15, 0.2) is 5.75 Å². The van der Waals surface area contributed by atoms with E-state index >= 15 is 0 Å². The number of phenols is 1. The van der Waals surface area contributed by atoms with Crippen LogP contribution in [0.3, 0.4) is 0 Å². The first-order valence-corrected chi connectivity index (χ1v) is 14.1. The molecule has 2 fully saturated rings. The molecule has 2 aliphatic rings. The number of hydrogen-bond acceptors (Lipinski definition) is 6. The second-order valence-electron chi connectivity index (χ2n) is 9.22. The van der Waals surface area contributed by atoms with Crippen molar-refractivity contribution in [2.75, 3.05) is 26.2 Å². The van der Waals surface area contributed by atoms with Crippen LogP contribution in [0.5, 0.6) is 11.5 Å². The molecule has 12 heteroatoms. The Bertz CT molecular complexity index is 1090. The predicted molar refractivity (Wildman–Crippen MR) is 149 cm³/mol. The van der Waals surface area contributed by atoms with Gasteiger partial charge >= 0.3 is 0 Å². The fourth-order valence-corrected chi connectivity index (χ4v) is 6.45. The van der Waals surface area contributed by atoms with Gasteiger partial charge in [0.25, 0.3) is 0 Å². The van der Waals surface area contributed by atoms with E-state index in [-0.39, 0.29) is 47.7 Å². The molecule has 2 saturated heterocycles. The van der Waals surface area contributed by atoms with E-state index in [0.29, 0.717) is 16.9 Å². The number of aromatic hydroxyl groups is 1. The van der Waals surface area contributed by atoms with Gasteiger partial charge in [-0.1, -0.05) is 69.6 Å². The molecule has 2 aromatic carbocycles. The molecular formula is C24H28Cl6N4O2. The highest BCUT2D eigenvalue weighted by atomic mass is 35.5. The average Bonchev–Trinajstić information content (AvgIpc) is 2.88. The molecule has 0 radical (unpaired) electrons. The maximum atomic E-state index is 10.8. The highest BCUT2D eigenvalue weighted by molar-refractivity contribution is 6.49. The van der Waals surface area contributed by atoms with Gasteiger partial charge in [-0.3, -0.25) is 0 Å². The van der Waals surface area contributed by atoms with Gasteiger partial charge in [-0.25, -0.2) is 0 Å². The van der Waals surface area contributed by atoms with Crippen molar-refractivity contribution >= 4 is 69.6 Å². The molecule has 198 valence electrons. The number of benzene rings is 2. The minimum atomic E-state index is -0.509. The maximum absolute atomic E-state index is 10.8. The van der Waals surface area contributed by atoms with Crippen molar-refractivity contribution in [3.63, 3.8) is 0 Å². The van der Waals surface area contributed by atoms with Gasteiger partial charge in [0.05, 0.1) is 36.2 Å². The first-order chi connectivity index (χ1) is 17.2. The van der Waals surface area contributed by atoms with Crippen LogP contribution in [0.1, 0.15) is 48.9 Å². The summed E-state index contributed by atoms with van der Waals surface area (Å²) in [5, 5.41) is 18.7. The molecule has 2 aliphatic heterocycles. The van der Waals surface area contributed by atoms with Crippen molar-refractivity contribution in [2.45, 2.75) is 37.8 Å². The Morgan fingerprint density at radius 3 is 1.86 bits per heavy atom. The van der Waals surface area contributed by atoms with E-state index in [2.05, 4.69) is 16.1 Å². The fraction of sp³-hybridized carbons (Fsp3) is 0.500. The second-order valence-corrected chi connectivity index (χ2v) is 11.5. The molecule has 6 N–H and O–H groups in total. The molecule has 2 aromatic rings. The van der Waals surface area contributed by atoms with Crippen LogP contribution in [-0.4, -0.2) is 31.3 Å². The van der Waals surface area contributed by atoms with Gasteiger partial charge < -0.3 is 26.3 Å². The average molecular weight is 617 g/mol. The van der Waals surface area contributed by atoms with E-state index in [0.717, 1.165) is 51.9 Å². The van der Waals surface area contributed by atoms with Crippen LogP contribution in [0.25, 0.3) is 0 Å². The smallest absolute Gasteiger partial charge is 0.155 e. The highest BCUT2D eigenvalue weighted by Gasteiger charge is 2.33. The van der Waals surface area contributed by atoms with Gasteiger partial charge in [0.1, 0.15) is 5.75 Å². The van der Waals surface area contributed by atoms with Crippen LogP contribution < -0.4 is 26.7 Å². The number of piperidine rings is 2. The van der Waals surface area contributed by atoms with E-state index in [1.54, 1.807) is 6.07 Å². The summed E-state index contributed by atoms with van der Waals surface area (Å²) in [7, 11) is 0. The van der Waals surface area contributed by atoms with Crippen LogP contribution in [0.4, 0.5) is 0 Å². The van der Waals surface area contributed by atoms with Crippen LogP contribution >= 0.6 is 69.6 Å². The molecule has 0 amide bonds. The lowest BCUT2D eigenvalue weighted by Gasteiger charge is -2.33. The second kappa shape index (κ2) is 12.6. The summed E-state index contributed by atoms with van der Waals surface area (Å²) in [5.74, 6) is 0.562. The first-order valence-electron chi connectivity index (χ1n) is 11.8. The lowest BCUT2D eigenvalue weighted by atomic mass is 9.85. The van der Waals surface area contributed by atoms with Crippen molar-refractivity contribution in [1.82, 2.24) is 16.1 Å². The molecular weight excluding hydrogens is 589 g/mol. The maximum Gasteiger partial charge on any atom is 0.155 e. The summed E-state index contributed by atoms with van der Waals surface area (Å²) in [6.45, 7) is 3.37. The zero-order valence-corrected chi connectivity index (χ0v) is 23.9. The molecule has 36 heavy (non-hydrogen) atoms. The third kappa shape index (κ3) is 6.09. The van der Waals surface area contributed by atoms with E-state index < -0.39 is 12.1 Å². The zero-order chi connectivity index (χ0) is 26.0. The molecule has 2 atom stereocenters. The molecule has 0 aromatic heterocycles. The Kier molecular flexibility index (Phi) is 10.1. The van der Waals surface area contributed by atoms with Gasteiger partial charge in [0, 0.05) is 29.3 Å². The van der Waals surface area contributed by atoms with Crippen LogP contribution in [0.2, 0.25) is 30.1 Å². The Morgan fingerprint density at radius 2 is 1.28 bits per heavy atom. The Labute approximate surface area is 241 Å². The number of nitrogens with two attached hydrogens (primary N) is 1. The fourth-order valence-electron chi connectivity index (χ4n) is 5.01. The number of halogens is 6. The molecule has 0 aliphatic carbocycles. The van der Waals surface area contributed by atoms with Crippen molar-refractivity contribution < 1.29 is 9.94 Å². The van der Waals surface area contributed by atoms with Crippen LogP contribution in [0.15, 0.2) is 12.1 Å². The third-order valence-electron chi connectivity index (χ3n) is 7.03. The molecule has 4 rings (SSSR count). The SMILES string of the molecule is N[C@H](c1c(ON[C@@H](c2c(O)cc(Cl)c(Cl)c2Cl)C2CCNCC2)cc(Cl)c(Cl)c1Cl)C1CCNCC1. The molecule has 0 bridgehead atoms. The lowest BCUT2D eigenvalue weighted by molar-refractivity contribution is 0.106. The van der Waals surface area contributed by atoms with E-state index in [4.69, 9.17) is 80.2 Å². The summed E-state index contributed by atoms with van der Waals surface area (Å²) < 4.78 is 0. The van der Waals surface area contributed by atoms with Gasteiger partial charge in [-0.15, -0.1) is 5.48 Å². The minimum Gasteiger partial charge on any atom is -0.507 e. The van der Waals surface area contributed by atoms with Crippen molar-refractivity contribution in [3.8, 4) is 11.5 Å². The van der Waals surface area contributed by atoms with Gasteiger partial charge in [-0.2, -0.15) is 0 Å². The molecule has 6 nitrogen and oxygen atoms in total. The zero-order valence-electron chi connectivity index (χ0n) is 19.3. The number of rotatable bonds is 7. The number of phenolic OH excluding ortho intramolecular Hbond substituents is 1. The van der Waals surface area contributed by atoms with Crippen molar-refractivity contribution in [2.24, 2.45) is 17.6 Å². The van der Waals surface area contributed by atoms with Gasteiger partial charge in [0.2, 0.25) is 0 Å². The van der Waals surface area contributed by atoms with Gasteiger partial charge in [-0.05, 0) is 63.7 Å². The summed E-state index contributed by atoms with van der Waals surface area (Å²) in [5.41, 5.74) is 10.8. The summed E-state index contributed by atoms with van der Waals surface area (Å²) in [4.78, 5) is 6.18. The highest BCUT2D eigenvalue weighted by Crippen LogP contribution is 2.47. The topological polar surface area (TPSA) is 91.6 Å². The van der Waals surface area contributed by atoms with E-state index in [9.17, 15) is 5.11 Å². The van der Waals surface area contributed by atoms with E-state index in [1.165, 1.54) is 6.07 Å². The number of hydrogen-bond donors (Lipinski definition) is 5. The normalized spacial score (nSPS) is 19.3. The molecule has 0 saturated carbocycles. The number of nitrogens with one attached hydrogen (secondary N) is 3.